The molecule has 0 bridgehead atoms. The number of nitrogens with zero attached hydrogens (tertiary/aromatic N) is 4. The number of esters is 1. The van der Waals surface area contributed by atoms with Gasteiger partial charge in [0.15, 0.2) is 6.61 Å². The van der Waals surface area contributed by atoms with E-state index in [-0.39, 0.29) is 22.3 Å². The van der Waals surface area contributed by atoms with Crippen molar-refractivity contribution in [3.05, 3.63) is 52.8 Å². The summed E-state index contributed by atoms with van der Waals surface area (Å²) in [5.41, 5.74) is 1.01. The molecule has 0 saturated heterocycles. The first-order chi connectivity index (χ1) is 11.9. The van der Waals surface area contributed by atoms with E-state index in [0.717, 1.165) is 11.8 Å². The maximum absolute atomic E-state index is 13.1. The Balaban J connectivity index is 1.61. The number of amides is 1. The number of benzene rings is 1. The number of carbonyl (C=O) groups is 2. The fourth-order valence-corrected chi connectivity index (χ4v) is 2.14. The van der Waals surface area contributed by atoms with Crippen molar-refractivity contribution in [2.24, 2.45) is 0 Å². The molecule has 8 nitrogen and oxygen atoms in total. The van der Waals surface area contributed by atoms with Crippen molar-refractivity contribution in [1.82, 2.24) is 19.6 Å². The van der Waals surface area contributed by atoms with E-state index in [1.165, 1.54) is 22.8 Å². The molecule has 3 rings (SSSR count). The van der Waals surface area contributed by atoms with Gasteiger partial charge in [-0.1, -0.05) is 11.6 Å². The average Bonchev–Trinajstić information content (AvgIpc) is 3.02. The van der Waals surface area contributed by atoms with Gasteiger partial charge in [0.2, 0.25) is 0 Å². The SMILES string of the molecule is Cc1ccnc2nc(C(=O)OCC(=O)Nc3ccc(F)c(Cl)c3)nn12. The zero-order valence-electron chi connectivity index (χ0n) is 12.9. The minimum Gasteiger partial charge on any atom is -0.450 e. The molecule has 0 unspecified atom stereocenters. The maximum Gasteiger partial charge on any atom is 0.378 e. The standard InChI is InChI=1S/C15H11ClFN5O3/c1-8-4-5-18-15-20-13(21-22(8)15)14(24)25-7-12(23)19-9-2-3-11(17)10(16)6-9/h2-6H,7H2,1H3,(H,19,23). The molecule has 0 aliphatic heterocycles. The normalized spacial score (nSPS) is 10.7. The third-order valence-electron chi connectivity index (χ3n) is 3.15. The highest BCUT2D eigenvalue weighted by molar-refractivity contribution is 6.31. The third kappa shape index (κ3) is 3.72. The Labute approximate surface area is 145 Å². The molecule has 128 valence electrons. The van der Waals surface area contributed by atoms with Gasteiger partial charge in [0, 0.05) is 17.6 Å². The zero-order valence-corrected chi connectivity index (χ0v) is 13.6. The second kappa shape index (κ2) is 6.81. The molecule has 0 aliphatic carbocycles. The molecule has 0 saturated carbocycles. The van der Waals surface area contributed by atoms with E-state index in [0.29, 0.717) is 0 Å². The predicted molar refractivity (Wildman–Crippen MR) is 85.8 cm³/mol. The number of ether oxygens (including phenoxy) is 1. The van der Waals surface area contributed by atoms with Gasteiger partial charge in [-0.2, -0.15) is 4.98 Å². The summed E-state index contributed by atoms with van der Waals surface area (Å²) in [4.78, 5) is 31.6. The predicted octanol–water partition coefficient (Wildman–Crippen LogP) is 2.02. The molecular formula is C15H11ClFN5O3. The van der Waals surface area contributed by atoms with Crippen molar-refractivity contribution < 1.29 is 18.7 Å². The summed E-state index contributed by atoms with van der Waals surface area (Å²) in [6.45, 7) is 1.22. The molecule has 3 aromatic rings. The Morgan fingerprint density at radius 2 is 2.16 bits per heavy atom. The first-order valence-electron chi connectivity index (χ1n) is 7.04. The van der Waals surface area contributed by atoms with Crippen molar-refractivity contribution in [1.29, 1.82) is 0 Å². The topological polar surface area (TPSA) is 98.5 Å². The van der Waals surface area contributed by atoms with Crippen molar-refractivity contribution >= 4 is 34.9 Å². The summed E-state index contributed by atoms with van der Waals surface area (Å²) in [5, 5.41) is 6.27. The number of fused-ring (bicyclic) bond motifs is 1. The summed E-state index contributed by atoms with van der Waals surface area (Å²) in [6.07, 6.45) is 1.54. The molecule has 10 heteroatoms. The second-order valence-electron chi connectivity index (χ2n) is 4.99. The van der Waals surface area contributed by atoms with E-state index < -0.39 is 24.3 Å². The lowest BCUT2D eigenvalue weighted by molar-refractivity contribution is -0.119. The van der Waals surface area contributed by atoms with Gasteiger partial charge in [0.25, 0.3) is 17.5 Å². The van der Waals surface area contributed by atoms with E-state index in [9.17, 15) is 14.0 Å². The van der Waals surface area contributed by atoms with Gasteiger partial charge in [-0.05, 0) is 31.2 Å². The van der Waals surface area contributed by atoms with Crippen LogP contribution < -0.4 is 5.32 Å². The Kier molecular flexibility index (Phi) is 4.57. The van der Waals surface area contributed by atoms with Crippen LogP contribution in [0.4, 0.5) is 10.1 Å². The molecule has 0 aliphatic rings. The van der Waals surface area contributed by atoms with Gasteiger partial charge in [0.05, 0.1) is 5.02 Å². The first kappa shape index (κ1) is 16.8. The highest BCUT2D eigenvalue weighted by Crippen LogP contribution is 2.19. The third-order valence-corrected chi connectivity index (χ3v) is 3.44. The fourth-order valence-electron chi connectivity index (χ4n) is 1.96. The van der Waals surface area contributed by atoms with Crippen LogP contribution in [0.15, 0.2) is 30.5 Å². The van der Waals surface area contributed by atoms with E-state index >= 15 is 0 Å². The Bertz CT molecular complexity index is 975. The smallest absolute Gasteiger partial charge is 0.378 e. The summed E-state index contributed by atoms with van der Waals surface area (Å²) in [5.74, 6) is -2.05. The molecular weight excluding hydrogens is 353 g/mol. The van der Waals surface area contributed by atoms with Crippen molar-refractivity contribution in [2.75, 3.05) is 11.9 Å². The fraction of sp³-hybridized carbons (Fsp3) is 0.133. The van der Waals surface area contributed by atoms with Crippen LogP contribution in [0.1, 0.15) is 16.3 Å². The van der Waals surface area contributed by atoms with Gasteiger partial charge in [-0.15, -0.1) is 5.10 Å². The lowest BCUT2D eigenvalue weighted by Crippen LogP contribution is -2.21. The van der Waals surface area contributed by atoms with Crippen LogP contribution in [0.5, 0.6) is 0 Å². The number of rotatable bonds is 4. The summed E-state index contributed by atoms with van der Waals surface area (Å²) in [6, 6.07) is 5.39. The first-order valence-corrected chi connectivity index (χ1v) is 7.42. The highest BCUT2D eigenvalue weighted by Gasteiger charge is 2.17. The number of aromatic nitrogens is 4. The molecule has 0 fully saturated rings. The minimum atomic E-state index is -0.864. The lowest BCUT2D eigenvalue weighted by atomic mass is 10.3. The number of aryl methyl sites for hydroxylation is 1. The molecule has 25 heavy (non-hydrogen) atoms. The highest BCUT2D eigenvalue weighted by atomic mass is 35.5. The van der Waals surface area contributed by atoms with Crippen LogP contribution in [0.25, 0.3) is 5.78 Å². The molecule has 0 spiro atoms. The summed E-state index contributed by atoms with van der Waals surface area (Å²) < 4.78 is 19.3. The Morgan fingerprint density at radius 1 is 1.36 bits per heavy atom. The van der Waals surface area contributed by atoms with Gasteiger partial charge >= 0.3 is 5.97 Å². The van der Waals surface area contributed by atoms with Crippen LogP contribution in [-0.2, 0) is 9.53 Å². The number of nitrogens with one attached hydrogen (secondary N) is 1. The van der Waals surface area contributed by atoms with Crippen LogP contribution in [0, 0.1) is 12.7 Å². The van der Waals surface area contributed by atoms with E-state index in [4.69, 9.17) is 16.3 Å². The molecule has 0 atom stereocenters. The number of hydrogen-bond acceptors (Lipinski definition) is 6. The summed E-state index contributed by atoms with van der Waals surface area (Å²) in [7, 11) is 0. The van der Waals surface area contributed by atoms with Crippen molar-refractivity contribution in [3.63, 3.8) is 0 Å². The molecule has 0 radical (unpaired) electrons. The van der Waals surface area contributed by atoms with Gasteiger partial charge in [-0.25, -0.2) is 18.7 Å². The Hall–Kier alpha value is -3.07. The van der Waals surface area contributed by atoms with E-state index in [1.54, 1.807) is 13.0 Å². The molecule has 2 aromatic heterocycles. The number of anilines is 1. The van der Waals surface area contributed by atoms with Gasteiger partial charge in [0.1, 0.15) is 5.82 Å². The van der Waals surface area contributed by atoms with Crippen LogP contribution in [0.3, 0.4) is 0 Å². The molecule has 1 aromatic carbocycles. The van der Waals surface area contributed by atoms with Crippen LogP contribution >= 0.6 is 11.6 Å². The van der Waals surface area contributed by atoms with Gasteiger partial charge < -0.3 is 10.1 Å². The van der Waals surface area contributed by atoms with Crippen LogP contribution in [0.2, 0.25) is 5.02 Å². The second-order valence-corrected chi connectivity index (χ2v) is 5.39. The largest absolute Gasteiger partial charge is 0.450 e. The molecule has 1 N–H and O–H groups in total. The zero-order chi connectivity index (χ0) is 18.0. The molecule has 1 amide bonds. The number of carbonyl (C=O) groups excluding carboxylic acids is 2. The Morgan fingerprint density at radius 3 is 2.88 bits per heavy atom. The summed E-state index contributed by atoms with van der Waals surface area (Å²) >= 11 is 5.62. The number of halogens is 2. The van der Waals surface area contributed by atoms with Gasteiger partial charge in [-0.3, -0.25) is 4.79 Å². The van der Waals surface area contributed by atoms with E-state index in [2.05, 4.69) is 20.4 Å². The lowest BCUT2D eigenvalue weighted by Gasteiger charge is -2.06. The van der Waals surface area contributed by atoms with Crippen LogP contribution in [-0.4, -0.2) is 38.1 Å². The molecule has 2 heterocycles. The van der Waals surface area contributed by atoms with E-state index in [1.807, 2.05) is 0 Å². The van der Waals surface area contributed by atoms with Crippen molar-refractivity contribution in [2.45, 2.75) is 6.92 Å². The minimum absolute atomic E-state index is 0.133. The monoisotopic (exact) mass is 363 g/mol. The van der Waals surface area contributed by atoms with Crippen molar-refractivity contribution in [3.8, 4) is 0 Å². The quantitative estimate of drug-likeness (QED) is 0.712. The maximum atomic E-state index is 13.1. The average molecular weight is 364 g/mol. The number of hydrogen-bond donors (Lipinski definition) is 1.